The summed E-state index contributed by atoms with van der Waals surface area (Å²) < 4.78 is 44.7. The van der Waals surface area contributed by atoms with E-state index in [1.54, 1.807) is 12.3 Å². The Kier molecular flexibility index (Phi) is 3.09. The van der Waals surface area contributed by atoms with Gasteiger partial charge in [0.2, 0.25) is 0 Å². The van der Waals surface area contributed by atoms with Crippen molar-refractivity contribution in [2.75, 3.05) is 0 Å². The monoisotopic (exact) mass is 316 g/mol. The van der Waals surface area contributed by atoms with E-state index in [1.165, 1.54) is 12.1 Å². The Labute approximate surface area is 129 Å². The Morgan fingerprint density at radius 1 is 0.870 bits per heavy atom. The number of alkyl halides is 3. The summed E-state index contributed by atoms with van der Waals surface area (Å²) in [7, 11) is 0. The summed E-state index contributed by atoms with van der Waals surface area (Å²) in [6, 6.07) is 12.8. The molecule has 1 aliphatic rings. The zero-order valence-corrected chi connectivity index (χ0v) is 11.8. The van der Waals surface area contributed by atoms with Gasteiger partial charge < -0.3 is 4.74 Å². The molecule has 3 nitrogen and oxygen atoms in total. The summed E-state index contributed by atoms with van der Waals surface area (Å²) in [4.78, 5) is 8.71. The zero-order chi connectivity index (χ0) is 16.0. The van der Waals surface area contributed by atoms with Crippen molar-refractivity contribution in [3.8, 4) is 0 Å². The van der Waals surface area contributed by atoms with E-state index in [0.29, 0.717) is 11.2 Å². The number of hydrogen-bond donors (Lipinski definition) is 0. The number of para-hydroxylation sites is 2. The average molecular weight is 316 g/mol. The van der Waals surface area contributed by atoms with Crippen molar-refractivity contribution in [2.45, 2.75) is 18.4 Å². The van der Waals surface area contributed by atoms with Gasteiger partial charge in [-0.15, -0.1) is 0 Å². The molecule has 4 rings (SSSR count). The first-order chi connectivity index (χ1) is 11.0. The number of rotatable bonds is 2. The fourth-order valence-corrected chi connectivity index (χ4v) is 2.69. The van der Waals surface area contributed by atoms with Crippen LogP contribution >= 0.6 is 0 Å². The highest BCUT2D eigenvalue weighted by atomic mass is 19.4. The molecule has 0 amide bonds. The summed E-state index contributed by atoms with van der Waals surface area (Å²) in [6.07, 6.45) is -3.97. The van der Waals surface area contributed by atoms with Crippen molar-refractivity contribution in [3.63, 3.8) is 0 Å². The largest absolute Gasteiger partial charge is 0.416 e. The maximum absolute atomic E-state index is 13.1. The third-order valence-corrected chi connectivity index (χ3v) is 3.82. The molecule has 2 heterocycles. The molecular formula is C17H11F3N2O. The van der Waals surface area contributed by atoms with E-state index in [-0.39, 0.29) is 5.56 Å². The molecule has 6 heteroatoms. The summed E-state index contributed by atoms with van der Waals surface area (Å²) in [5.41, 5.74) is 1.46. The molecule has 1 aromatic heterocycles. The third-order valence-electron chi connectivity index (χ3n) is 3.82. The van der Waals surface area contributed by atoms with Gasteiger partial charge in [-0.05, 0) is 23.8 Å². The predicted molar refractivity (Wildman–Crippen MR) is 77.5 cm³/mol. The lowest BCUT2D eigenvalue weighted by atomic mass is 10.0. The first-order valence-corrected chi connectivity index (χ1v) is 7.07. The van der Waals surface area contributed by atoms with Gasteiger partial charge in [0.1, 0.15) is 12.2 Å². The van der Waals surface area contributed by atoms with Crippen molar-refractivity contribution in [1.29, 1.82) is 0 Å². The van der Waals surface area contributed by atoms with Crippen LogP contribution in [0.1, 0.15) is 29.0 Å². The molecule has 3 aromatic rings. The lowest BCUT2D eigenvalue weighted by Gasteiger charge is -2.10. The minimum absolute atomic E-state index is 0.139. The standard InChI is InChI=1S/C17H11F3N2O/c18-17(19,20)11-6-2-1-5-10(11)15-16(23-15)14-9-21-12-7-3-4-8-13(12)22-14/h1-9,15-16H/t15-,16+/m0/s1. The van der Waals surface area contributed by atoms with Gasteiger partial charge in [-0.1, -0.05) is 30.3 Å². The quantitative estimate of drug-likeness (QED) is 0.655. The topological polar surface area (TPSA) is 38.3 Å². The third kappa shape index (κ3) is 2.55. The number of benzene rings is 2. The second-order valence-electron chi connectivity index (χ2n) is 5.35. The van der Waals surface area contributed by atoms with Crippen LogP contribution in [-0.2, 0) is 10.9 Å². The minimum atomic E-state index is -4.40. The number of epoxide rings is 1. The molecule has 2 atom stereocenters. The van der Waals surface area contributed by atoms with Crippen LogP contribution in [0.15, 0.2) is 54.7 Å². The Morgan fingerprint density at radius 2 is 1.57 bits per heavy atom. The number of halogens is 3. The normalized spacial score (nSPS) is 20.7. The molecule has 1 aliphatic heterocycles. The van der Waals surface area contributed by atoms with Gasteiger partial charge in [-0.3, -0.25) is 4.98 Å². The van der Waals surface area contributed by atoms with Gasteiger partial charge in [-0.2, -0.15) is 13.2 Å². The van der Waals surface area contributed by atoms with Crippen molar-refractivity contribution >= 4 is 11.0 Å². The molecule has 116 valence electrons. The highest BCUT2D eigenvalue weighted by Crippen LogP contribution is 2.53. The Hall–Kier alpha value is -2.47. The number of aromatic nitrogens is 2. The zero-order valence-electron chi connectivity index (χ0n) is 11.8. The van der Waals surface area contributed by atoms with E-state index in [9.17, 15) is 13.2 Å². The van der Waals surface area contributed by atoms with E-state index in [1.807, 2.05) is 24.3 Å². The van der Waals surface area contributed by atoms with Crippen LogP contribution in [0.5, 0.6) is 0 Å². The van der Waals surface area contributed by atoms with E-state index in [2.05, 4.69) is 9.97 Å². The van der Waals surface area contributed by atoms with Crippen LogP contribution in [0.4, 0.5) is 13.2 Å². The van der Waals surface area contributed by atoms with Gasteiger partial charge >= 0.3 is 6.18 Å². The van der Waals surface area contributed by atoms with Crippen LogP contribution in [0.2, 0.25) is 0 Å². The first-order valence-electron chi connectivity index (χ1n) is 7.07. The summed E-state index contributed by atoms with van der Waals surface area (Å²) >= 11 is 0. The van der Waals surface area contributed by atoms with Crippen LogP contribution in [-0.4, -0.2) is 9.97 Å². The number of fused-ring (bicyclic) bond motifs is 1. The van der Waals surface area contributed by atoms with Crippen molar-refractivity contribution in [1.82, 2.24) is 9.97 Å². The lowest BCUT2D eigenvalue weighted by molar-refractivity contribution is -0.138. The second-order valence-corrected chi connectivity index (χ2v) is 5.35. The molecule has 0 aliphatic carbocycles. The van der Waals surface area contributed by atoms with Crippen LogP contribution < -0.4 is 0 Å². The average Bonchev–Trinajstić information content (AvgIpc) is 3.34. The summed E-state index contributed by atoms with van der Waals surface area (Å²) in [5, 5.41) is 0. The molecule has 23 heavy (non-hydrogen) atoms. The van der Waals surface area contributed by atoms with Gasteiger partial charge in [0.15, 0.2) is 0 Å². The molecule has 0 bridgehead atoms. The van der Waals surface area contributed by atoms with Crippen molar-refractivity contribution < 1.29 is 17.9 Å². The van der Waals surface area contributed by atoms with Gasteiger partial charge in [0.25, 0.3) is 0 Å². The summed E-state index contributed by atoms with van der Waals surface area (Å²) in [5.74, 6) is 0. The second kappa shape index (κ2) is 5.03. The highest BCUT2D eigenvalue weighted by Gasteiger charge is 2.47. The molecule has 1 fully saturated rings. The first kappa shape index (κ1) is 14.1. The van der Waals surface area contributed by atoms with E-state index < -0.39 is 23.9 Å². The lowest BCUT2D eigenvalue weighted by Crippen LogP contribution is -2.08. The predicted octanol–water partition coefficient (Wildman–Crippen LogP) is 4.46. The van der Waals surface area contributed by atoms with E-state index >= 15 is 0 Å². The van der Waals surface area contributed by atoms with Gasteiger partial charge in [-0.25, -0.2) is 4.98 Å². The van der Waals surface area contributed by atoms with Crippen LogP contribution in [0, 0.1) is 0 Å². The smallest absolute Gasteiger partial charge is 0.358 e. The molecule has 0 saturated carbocycles. The molecular weight excluding hydrogens is 305 g/mol. The van der Waals surface area contributed by atoms with Crippen molar-refractivity contribution in [3.05, 3.63) is 71.5 Å². The van der Waals surface area contributed by atoms with E-state index in [4.69, 9.17) is 4.74 Å². The fraction of sp³-hybridized carbons (Fsp3) is 0.176. The Morgan fingerprint density at radius 3 is 2.35 bits per heavy atom. The van der Waals surface area contributed by atoms with Crippen molar-refractivity contribution in [2.24, 2.45) is 0 Å². The number of hydrogen-bond acceptors (Lipinski definition) is 3. The Balaban J connectivity index is 1.67. The molecule has 2 aromatic carbocycles. The maximum atomic E-state index is 13.1. The van der Waals surface area contributed by atoms with Crippen LogP contribution in [0.25, 0.3) is 11.0 Å². The van der Waals surface area contributed by atoms with Gasteiger partial charge in [0, 0.05) is 0 Å². The molecule has 0 spiro atoms. The maximum Gasteiger partial charge on any atom is 0.416 e. The molecule has 0 unspecified atom stereocenters. The van der Waals surface area contributed by atoms with Crippen LogP contribution in [0.3, 0.4) is 0 Å². The number of nitrogens with zero attached hydrogens (tertiary/aromatic N) is 2. The minimum Gasteiger partial charge on any atom is -0.358 e. The fourth-order valence-electron chi connectivity index (χ4n) is 2.69. The number of ether oxygens (including phenoxy) is 1. The molecule has 1 saturated heterocycles. The summed E-state index contributed by atoms with van der Waals surface area (Å²) in [6.45, 7) is 0. The SMILES string of the molecule is FC(F)(F)c1ccccc1[C@@H]1O[C@@H]1c1cnc2ccccc2n1. The van der Waals surface area contributed by atoms with Gasteiger partial charge in [0.05, 0.1) is 28.5 Å². The molecule has 0 N–H and O–H groups in total. The highest BCUT2D eigenvalue weighted by molar-refractivity contribution is 5.73. The molecule has 0 radical (unpaired) electrons. The van der Waals surface area contributed by atoms with E-state index in [0.717, 1.165) is 11.6 Å². The Bertz CT molecular complexity index is 879.